The highest BCUT2D eigenvalue weighted by Crippen LogP contribution is 2.44. The summed E-state index contributed by atoms with van der Waals surface area (Å²) in [5.74, 6) is -2.36. The number of hydrogen-bond donors (Lipinski definition) is 1. The number of nitrogens with two attached hydrogens (primary N) is 1. The molecule has 2 N–H and O–H groups in total. The van der Waals surface area contributed by atoms with Crippen LogP contribution in [0, 0.1) is 18.3 Å². The molecule has 2 aromatic carbocycles. The van der Waals surface area contributed by atoms with Crippen LogP contribution >= 0.6 is 0 Å². The smallest absolute Gasteiger partial charge is 0.355 e. The highest BCUT2D eigenvalue weighted by Gasteiger charge is 2.43. The Hall–Kier alpha value is -4.25. The van der Waals surface area contributed by atoms with Crippen molar-refractivity contribution in [2.24, 2.45) is 5.73 Å². The summed E-state index contributed by atoms with van der Waals surface area (Å²) < 4.78 is 10.2. The molecule has 0 saturated carbocycles. The Morgan fingerprint density at radius 1 is 1.06 bits per heavy atom. The van der Waals surface area contributed by atoms with E-state index in [0.717, 1.165) is 24.3 Å². The van der Waals surface area contributed by atoms with Gasteiger partial charge < -0.3 is 20.1 Å². The molecule has 8 nitrogen and oxygen atoms in total. The van der Waals surface area contributed by atoms with Crippen LogP contribution in [-0.4, -0.2) is 39.2 Å². The number of anilines is 2. The molecule has 35 heavy (non-hydrogen) atoms. The lowest BCUT2D eigenvalue weighted by atomic mass is 9.80. The molecule has 0 aliphatic carbocycles. The quantitative estimate of drug-likeness (QED) is 0.605. The number of nitriles is 1. The Balaban J connectivity index is 2.36. The van der Waals surface area contributed by atoms with Crippen LogP contribution in [0.25, 0.3) is 0 Å². The SMILES string of the molecule is CCN(CC)c1ccc(N2C(N)=C(C#N)C(c3ccccc3)C(C(=O)OC)=C2C(=O)OC)c(C)c1. The van der Waals surface area contributed by atoms with Gasteiger partial charge in [0.25, 0.3) is 0 Å². The van der Waals surface area contributed by atoms with Crippen molar-refractivity contribution >= 4 is 23.3 Å². The van der Waals surface area contributed by atoms with E-state index in [2.05, 4.69) is 24.8 Å². The van der Waals surface area contributed by atoms with E-state index >= 15 is 0 Å². The zero-order valence-electron chi connectivity index (χ0n) is 20.7. The van der Waals surface area contributed by atoms with Crippen LogP contribution in [-0.2, 0) is 19.1 Å². The number of nitrogens with zero attached hydrogens (tertiary/aromatic N) is 3. The van der Waals surface area contributed by atoms with E-state index in [0.29, 0.717) is 11.3 Å². The summed E-state index contributed by atoms with van der Waals surface area (Å²) in [4.78, 5) is 29.9. The highest BCUT2D eigenvalue weighted by molar-refractivity contribution is 6.06. The summed E-state index contributed by atoms with van der Waals surface area (Å²) >= 11 is 0. The normalized spacial score (nSPS) is 15.5. The average molecular weight is 475 g/mol. The number of benzene rings is 2. The van der Waals surface area contributed by atoms with E-state index in [1.807, 2.05) is 31.2 Å². The van der Waals surface area contributed by atoms with E-state index in [1.165, 1.54) is 19.1 Å². The molecule has 0 fully saturated rings. The number of allylic oxidation sites excluding steroid dienone is 1. The molecule has 1 unspecified atom stereocenters. The van der Waals surface area contributed by atoms with E-state index in [-0.39, 0.29) is 22.7 Å². The van der Waals surface area contributed by atoms with Gasteiger partial charge in [-0.1, -0.05) is 30.3 Å². The number of carbonyl (C=O) groups is 2. The molecule has 1 aliphatic heterocycles. The lowest BCUT2D eigenvalue weighted by molar-refractivity contribution is -0.139. The molecule has 1 aliphatic rings. The molecule has 8 heteroatoms. The maximum Gasteiger partial charge on any atom is 0.355 e. The van der Waals surface area contributed by atoms with Crippen molar-refractivity contribution < 1.29 is 19.1 Å². The summed E-state index contributed by atoms with van der Waals surface area (Å²) in [6, 6.07) is 16.8. The second kappa shape index (κ2) is 10.8. The van der Waals surface area contributed by atoms with E-state index in [1.54, 1.807) is 24.3 Å². The van der Waals surface area contributed by atoms with Crippen LogP contribution in [0.1, 0.15) is 30.9 Å². The van der Waals surface area contributed by atoms with Gasteiger partial charge in [0.1, 0.15) is 11.5 Å². The van der Waals surface area contributed by atoms with Gasteiger partial charge in [-0.2, -0.15) is 5.26 Å². The molecule has 182 valence electrons. The minimum absolute atomic E-state index is 0.0106. The highest BCUT2D eigenvalue weighted by atomic mass is 16.5. The number of carbonyl (C=O) groups excluding carboxylic acids is 2. The summed E-state index contributed by atoms with van der Waals surface area (Å²) in [7, 11) is 2.46. The maximum atomic E-state index is 13.2. The third-order valence-corrected chi connectivity index (χ3v) is 6.16. The van der Waals surface area contributed by atoms with Gasteiger partial charge >= 0.3 is 11.9 Å². The second-order valence-corrected chi connectivity index (χ2v) is 7.98. The van der Waals surface area contributed by atoms with Crippen LogP contribution in [0.4, 0.5) is 11.4 Å². The van der Waals surface area contributed by atoms with Crippen LogP contribution in [0.2, 0.25) is 0 Å². The van der Waals surface area contributed by atoms with Crippen LogP contribution in [0.15, 0.2) is 71.2 Å². The molecule has 0 saturated heterocycles. The molecule has 0 aromatic heterocycles. The fourth-order valence-electron chi connectivity index (χ4n) is 4.44. The standard InChI is InChI=1S/C27H30N4O4/c1-6-30(7-2)19-13-14-21(17(3)15-19)31-24(27(33)35-5)23(26(32)34-4)22(20(16-28)25(31)29)18-11-9-8-10-12-18/h8-15,22H,6-7,29H2,1-5H3. The Bertz CT molecular complexity index is 1220. The number of ether oxygens (including phenoxy) is 2. The molecule has 1 atom stereocenters. The van der Waals surface area contributed by atoms with Crippen molar-refractivity contribution in [1.29, 1.82) is 5.26 Å². The van der Waals surface area contributed by atoms with Gasteiger partial charge in [-0.3, -0.25) is 4.90 Å². The number of rotatable bonds is 7. The Kier molecular flexibility index (Phi) is 7.82. The third-order valence-electron chi connectivity index (χ3n) is 6.16. The molecular formula is C27H30N4O4. The fraction of sp³-hybridized carbons (Fsp3) is 0.296. The molecule has 0 amide bonds. The Labute approximate surface area is 205 Å². The van der Waals surface area contributed by atoms with Crippen molar-refractivity contribution in [3.63, 3.8) is 0 Å². The van der Waals surface area contributed by atoms with Gasteiger partial charge in [0.05, 0.1) is 43.0 Å². The lowest BCUT2D eigenvalue weighted by Crippen LogP contribution is -2.41. The first-order valence-electron chi connectivity index (χ1n) is 11.4. The summed E-state index contributed by atoms with van der Waals surface area (Å²) in [6.45, 7) is 7.69. The minimum Gasteiger partial charge on any atom is -0.466 e. The van der Waals surface area contributed by atoms with Crippen molar-refractivity contribution in [1.82, 2.24) is 0 Å². The summed E-state index contributed by atoms with van der Waals surface area (Å²) in [6.07, 6.45) is 0. The van der Waals surface area contributed by atoms with E-state index in [4.69, 9.17) is 15.2 Å². The largest absolute Gasteiger partial charge is 0.466 e. The number of aryl methyl sites for hydroxylation is 1. The molecular weight excluding hydrogens is 444 g/mol. The fourth-order valence-corrected chi connectivity index (χ4v) is 4.44. The van der Waals surface area contributed by atoms with Gasteiger partial charge in [0.2, 0.25) is 0 Å². The number of hydrogen-bond acceptors (Lipinski definition) is 8. The van der Waals surface area contributed by atoms with Gasteiger partial charge in [0, 0.05) is 18.8 Å². The van der Waals surface area contributed by atoms with E-state index in [9.17, 15) is 14.9 Å². The maximum absolute atomic E-state index is 13.2. The number of esters is 2. The molecule has 2 aromatic rings. The first-order chi connectivity index (χ1) is 16.8. The minimum atomic E-state index is -0.894. The van der Waals surface area contributed by atoms with Crippen molar-refractivity contribution in [2.75, 3.05) is 37.1 Å². The monoisotopic (exact) mass is 474 g/mol. The van der Waals surface area contributed by atoms with Crippen molar-refractivity contribution in [2.45, 2.75) is 26.7 Å². The first-order valence-corrected chi connectivity index (χ1v) is 11.4. The summed E-state index contributed by atoms with van der Waals surface area (Å²) in [5.41, 5.74) is 9.62. The van der Waals surface area contributed by atoms with Crippen LogP contribution < -0.4 is 15.5 Å². The Morgan fingerprint density at radius 2 is 1.69 bits per heavy atom. The van der Waals surface area contributed by atoms with Crippen LogP contribution in [0.3, 0.4) is 0 Å². The van der Waals surface area contributed by atoms with Gasteiger partial charge in [-0.05, 0) is 50.1 Å². The first kappa shape index (κ1) is 25.4. The third kappa shape index (κ3) is 4.58. The second-order valence-electron chi connectivity index (χ2n) is 7.98. The number of methoxy groups -OCH3 is 2. The average Bonchev–Trinajstić information content (AvgIpc) is 2.88. The van der Waals surface area contributed by atoms with Crippen LogP contribution in [0.5, 0.6) is 0 Å². The van der Waals surface area contributed by atoms with Gasteiger partial charge in [0.15, 0.2) is 0 Å². The van der Waals surface area contributed by atoms with Crippen molar-refractivity contribution in [3.05, 3.63) is 82.3 Å². The topological polar surface area (TPSA) is 109 Å². The predicted molar refractivity (Wildman–Crippen MR) is 134 cm³/mol. The lowest BCUT2D eigenvalue weighted by Gasteiger charge is -2.36. The summed E-state index contributed by atoms with van der Waals surface area (Å²) in [5, 5.41) is 10.2. The molecule has 3 rings (SSSR count). The molecule has 0 radical (unpaired) electrons. The van der Waals surface area contributed by atoms with Gasteiger partial charge in [-0.25, -0.2) is 9.59 Å². The molecule has 1 heterocycles. The van der Waals surface area contributed by atoms with Crippen molar-refractivity contribution in [3.8, 4) is 6.07 Å². The zero-order chi connectivity index (χ0) is 25.7. The predicted octanol–water partition coefficient (Wildman–Crippen LogP) is 3.74. The molecule has 0 spiro atoms. The van der Waals surface area contributed by atoms with E-state index < -0.39 is 17.9 Å². The van der Waals surface area contributed by atoms with Gasteiger partial charge in [-0.15, -0.1) is 0 Å². The Morgan fingerprint density at radius 3 is 2.20 bits per heavy atom. The zero-order valence-corrected chi connectivity index (χ0v) is 20.7. The molecule has 0 bridgehead atoms.